The van der Waals surface area contributed by atoms with E-state index in [4.69, 9.17) is 4.74 Å². The van der Waals surface area contributed by atoms with Crippen molar-refractivity contribution in [1.29, 1.82) is 0 Å². The van der Waals surface area contributed by atoms with Crippen LogP contribution in [0.4, 0.5) is 11.4 Å². The summed E-state index contributed by atoms with van der Waals surface area (Å²) in [6, 6.07) is 12.7. The quantitative estimate of drug-likeness (QED) is 0.670. The Balaban J connectivity index is 2.28. The maximum absolute atomic E-state index is 12.7. The number of amides is 1. The molecular formula is C22H29N3O3. The van der Waals surface area contributed by atoms with Gasteiger partial charge in [-0.1, -0.05) is 6.07 Å². The summed E-state index contributed by atoms with van der Waals surface area (Å²) in [4.78, 5) is 28.8. The number of Topliss-reactive ketones (excluding diaryl/α,β-unsaturated/α-hetero) is 1. The zero-order chi connectivity index (χ0) is 20.7. The Bertz CT molecular complexity index is 812. The number of anilines is 2. The maximum Gasteiger partial charge on any atom is 0.253 e. The SMILES string of the molecule is CCN(CC)C(=O)c1ccc(Nc2cccc(OC)c2C(=O)CN(C)C)cc1. The van der Waals surface area contributed by atoms with Gasteiger partial charge in [-0.05, 0) is 64.3 Å². The number of hydrogen-bond donors (Lipinski definition) is 1. The van der Waals surface area contributed by atoms with E-state index < -0.39 is 0 Å². The Morgan fingerprint density at radius 1 is 1.00 bits per heavy atom. The van der Waals surface area contributed by atoms with Crippen molar-refractivity contribution in [2.24, 2.45) is 0 Å². The molecule has 1 amide bonds. The second kappa shape index (κ2) is 9.90. The third-order valence-electron chi connectivity index (χ3n) is 4.45. The van der Waals surface area contributed by atoms with Crippen molar-refractivity contribution in [2.75, 3.05) is 46.2 Å². The highest BCUT2D eigenvalue weighted by molar-refractivity contribution is 6.05. The molecule has 0 radical (unpaired) electrons. The van der Waals surface area contributed by atoms with Crippen molar-refractivity contribution in [3.63, 3.8) is 0 Å². The van der Waals surface area contributed by atoms with Crippen molar-refractivity contribution >= 4 is 23.1 Å². The molecule has 2 rings (SSSR count). The maximum atomic E-state index is 12.7. The first-order valence-electron chi connectivity index (χ1n) is 9.42. The van der Waals surface area contributed by atoms with Gasteiger partial charge in [0.25, 0.3) is 5.91 Å². The summed E-state index contributed by atoms with van der Waals surface area (Å²) >= 11 is 0. The van der Waals surface area contributed by atoms with Crippen LogP contribution < -0.4 is 10.1 Å². The molecule has 0 saturated carbocycles. The molecule has 0 aliphatic carbocycles. The van der Waals surface area contributed by atoms with Crippen molar-refractivity contribution < 1.29 is 14.3 Å². The minimum atomic E-state index is -0.0294. The molecule has 0 saturated heterocycles. The van der Waals surface area contributed by atoms with Gasteiger partial charge >= 0.3 is 0 Å². The third-order valence-corrected chi connectivity index (χ3v) is 4.45. The average Bonchev–Trinajstić information content (AvgIpc) is 2.68. The van der Waals surface area contributed by atoms with Gasteiger partial charge in [-0.25, -0.2) is 0 Å². The fourth-order valence-corrected chi connectivity index (χ4v) is 3.00. The predicted octanol–water partition coefficient (Wildman–Crippen LogP) is 3.67. The molecule has 6 heteroatoms. The standard InChI is InChI=1S/C22H29N3O3/c1-6-25(7-2)22(27)16-11-13-17(14-12-16)23-18-9-8-10-20(28-5)21(18)19(26)15-24(3)4/h8-14,23H,6-7,15H2,1-5H3. The summed E-state index contributed by atoms with van der Waals surface area (Å²) in [6.07, 6.45) is 0. The van der Waals surface area contributed by atoms with Crippen LogP contribution in [0.2, 0.25) is 0 Å². The van der Waals surface area contributed by atoms with Gasteiger partial charge in [-0.2, -0.15) is 0 Å². The number of rotatable bonds is 9. The van der Waals surface area contributed by atoms with Gasteiger partial charge in [-0.3, -0.25) is 9.59 Å². The van der Waals surface area contributed by atoms with Crippen LogP contribution in [-0.2, 0) is 0 Å². The summed E-state index contributed by atoms with van der Waals surface area (Å²) < 4.78 is 5.40. The Labute approximate surface area is 167 Å². The zero-order valence-electron chi connectivity index (χ0n) is 17.3. The zero-order valence-corrected chi connectivity index (χ0v) is 17.3. The van der Waals surface area contributed by atoms with Crippen LogP contribution in [0.15, 0.2) is 42.5 Å². The lowest BCUT2D eigenvalue weighted by Crippen LogP contribution is -2.30. The molecule has 0 aliphatic heterocycles. The highest BCUT2D eigenvalue weighted by atomic mass is 16.5. The highest BCUT2D eigenvalue weighted by Crippen LogP contribution is 2.29. The van der Waals surface area contributed by atoms with Crippen molar-refractivity contribution in [2.45, 2.75) is 13.8 Å². The lowest BCUT2D eigenvalue weighted by Gasteiger charge is -2.19. The van der Waals surface area contributed by atoms with Crippen LogP contribution in [-0.4, -0.2) is 62.3 Å². The van der Waals surface area contributed by atoms with Gasteiger partial charge in [0.2, 0.25) is 0 Å². The minimum absolute atomic E-state index is 0.0137. The van der Waals surface area contributed by atoms with Crippen LogP contribution >= 0.6 is 0 Å². The van der Waals surface area contributed by atoms with Crippen LogP contribution in [0.3, 0.4) is 0 Å². The molecule has 0 spiro atoms. The number of benzene rings is 2. The molecule has 0 bridgehead atoms. The Kier molecular flexibility index (Phi) is 7.58. The summed E-state index contributed by atoms with van der Waals surface area (Å²) in [5, 5.41) is 3.28. The van der Waals surface area contributed by atoms with E-state index in [1.807, 2.05) is 57.1 Å². The highest BCUT2D eigenvalue weighted by Gasteiger charge is 2.18. The third kappa shape index (κ3) is 5.10. The van der Waals surface area contributed by atoms with Gasteiger partial charge in [0.05, 0.1) is 24.9 Å². The predicted molar refractivity (Wildman–Crippen MR) is 113 cm³/mol. The lowest BCUT2D eigenvalue weighted by molar-refractivity contribution is 0.0772. The molecule has 2 aromatic rings. The first-order valence-corrected chi connectivity index (χ1v) is 9.42. The Hall–Kier alpha value is -2.86. The lowest BCUT2D eigenvalue weighted by atomic mass is 10.1. The monoisotopic (exact) mass is 383 g/mol. The van der Waals surface area contributed by atoms with Crippen LogP contribution in [0, 0.1) is 0 Å². The number of ketones is 1. The molecule has 0 aliphatic rings. The van der Waals surface area contributed by atoms with E-state index in [-0.39, 0.29) is 18.2 Å². The molecule has 6 nitrogen and oxygen atoms in total. The molecule has 150 valence electrons. The van der Waals surface area contributed by atoms with Gasteiger partial charge in [0, 0.05) is 24.3 Å². The molecular weight excluding hydrogens is 354 g/mol. The number of methoxy groups -OCH3 is 1. The number of carbonyl (C=O) groups is 2. The largest absolute Gasteiger partial charge is 0.496 e. The smallest absolute Gasteiger partial charge is 0.253 e. The van der Waals surface area contributed by atoms with Crippen molar-refractivity contribution in [3.05, 3.63) is 53.6 Å². The van der Waals surface area contributed by atoms with Gasteiger partial charge in [0.15, 0.2) is 5.78 Å². The number of carbonyl (C=O) groups excluding carboxylic acids is 2. The number of likely N-dealkylation sites (N-methyl/N-ethyl adjacent to an activating group) is 1. The van der Waals surface area contributed by atoms with Crippen LogP contribution in [0.25, 0.3) is 0 Å². The van der Waals surface area contributed by atoms with E-state index >= 15 is 0 Å². The van der Waals surface area contributed by atoms with Gasteiger partial charge in [-0.15, -0.1) is 0 Å². The van der Waals surface area contributed by atoms with E-state index in [2.05, 4.69) is 5.32 Å². The average molecular weight is 383 g/mol. The molecule has 1 N–H and O–H groups in total. The molecule has 0 fully saturated rings. The topological polar surface area (TPSA) is 61.9 Å². The molecule has 0 unspecified atom stereocenters. The fourth-order valence-electron chi connectivity index (χ4n) is 3.00. The van der Waals surface area contributed by atoms with Gasteiger partial charge < -0.3 is 19.9 Å². The van der Waals surface area contributed by atoms with Crippen LogP contribution in [0.5, 0.6) is 5.75 Å². The Morgan fingerprint density at radius 2 is 1.64 bits per heavy atom. The van der Waals surface area contributed by atoms with E-state index in [9.17, 15) is 9.59 Å². The fraction of sp³-hybridized carbons (Fsp3) is 0.364. The van der Waals surface area contributed by atoms with Gasteiger partial charge in [0.1, 0.15) is 5.75 Å². The molecule has 0 heterocycles. The van der Waals surface area contributed by atoms with Crippen molar-refractivity contribution in [3.8, 4) is 5.75 Å². The van der Waals surface area contributed by atoms with Crippen molar-refractivity contribution in [1.82, 2.24) is 9.80 Å². The number of nitrogens with zero attached hydrogens (tertiary/aromatic N) is 2. The summed E-state index contributed by atoms with van der Waals surface area (Å²) in [5.41, 5.74) is 2.63. The normalized spacial score (nSPS) is 10.6. The van der Waals surface area contributed by atoms with E-state index in [1.54, 1.807) is 30.2 Å². The molecule has 0 atom stereocenters. The first-order chi connectivity index (χ1) is 13.4. The minimum Gasteiger partial charge on any atom is -0.496 e. The number of ether oxygens (including phenoxy) is 1. The molecule has 2 aromatic carbocycles. The second-order valence-electron chi connectivity index (χ2n) is 6.72. The summed E-state index contributed by atoms with van der Waals surface area (Å²) in [6.45, 7) is 5.57. The van der Waals surface area contributed by atoms with E-state index in [1.165, 1.54) is 0 Å². The number of nitrogens with one attached hydrogen (secondary N) is 1. The number of hydrogen-bond acceptors (Lipinski definition) is 5. The molecule has 0 aromatic heterocycles. The second-order valence-corrected chi connectivity index (χ2v) is 6.72. The van der Waals surface area contributed by atoms with Crippen LogP contribution in [0.1, 0.15) is 34.6 Å². The summed E-state index contributed by atoms with van der Waals surface area (Å²) in [5.74, 6) is 0.517. The molecule has 28 heavy (non-hydrogen) atoms. The van der Waals surface area contributed by atoms with E-state index in [0.717, 1.165) is 5.69 Å². The first kappa shape index (κ1) is 21.4. The Morgan fingerprint density at radius 3 is 2.18 bits per heavy atom. The summed E-state index contributed by atoms with van der Waals surface area (Å²) in [7, 11) is 5.26. The van der Waals surface area contributed by atoms with E-state index in [0.29, 0.717) is 35.7 Å².